The van der Waals surface area contributed by atoms with E-state index in [-0.39, 0.29) is 29.7 Å². The zero-order valence-corrected chi connectivity index (χ0v) is 17.7. The van der Waals surface area contributed by atoms with Gasteiger partial charge in [0.25, 0.3) is 7.52 Å². The van der Waals surface area contributed by atoms with Crippen LogP contribution < -0.4 is 5.09 Å². The van der Waals surface area contributed by atoms with Gasteiger partial charge in [-0.05, 0) is 48.7 Å². The molecule has 11 heteroatoms. The highest BCUT2D eigenvalue weighted by atomic mass is 35.5. The second-order valence-electron chi connectivity index (χ2n) is 6.40. The van der Waals surface area contributed by atoms with Crippen LogP contribution in [0, 0.1) is 12.7 Å². The zero-order valence-electron chi connectivity index (χ0n) is 16.0. The molecule has 1 aromatic heterocycles. The lowest BCUT2D eigenvalue weighted by atomic mass is 10.1. The Balaban J connectivity index is 1.85. The third kappa shape index (κ3) is 5.22. The molecule has 0 aliphatic rings. The summed E-state index contributed by atoms with van der Waals surface area (Å²) in [5.41, 5.74) is 1.69. The van der Waals surface area contributed by atoms with E-state index in [9.17, 15) is 17.7 Å². The summed E-state index contributed by atoms with van der Waals surface area (Å²) in [6, 6.07) is 11.0. The maximum atomic E-state index is 14.7. The van der Waals surface area contributed by atoms with Crippen LogP contribution in [0.5, 0.6) is 0 Å². The molecule has 1 heterocycles. The Labute approximate surface area is 175 Å². The maximum absolute atomic E-state index is 14.7. The van der Waals surface area contributed by atoms with Crippen LogP contribution in [0.15, 0.2) is 47.0 Å². The number of rotatable bonds is 8. The van der Waals surface area contributed by atoms with E-state index in [1.165, 1.54) is 12.1 Å². The topological polar surface area (TPSA) is 77.2 Å². The standard InChI is InChI=1S/C19H18ClF3N3O3P/c1-3-28-30(27,26-16-7-5-4-6-12(16)2)11-14-9-8-13(10-15(14)21)17-24-18(29-25-17)19(20,22)23/h4-10H,3,11H2,1-2H3,(H,26,27). The molecule has 0 spiro atoms. The van der Waals surface area contributed by atoms with Crippen LogP contribution in [0.25, 0.3) is 11.4 Å². The second kappa shape index (κ2) is 8.79. The van der Waals surface area contributed by atoms with E-state index in [2.05, 4.69) is 19.8 Å². The Morgan fingerprint density at radius 1 is 1.27 bits per heavy atom. The molecule has 3 aromatic rings. The Morgan fingerprint density at radius 2 is 2.00 bits per heavy atom. The van der Waals surface area contributed by atoms with Crippen molar-refractivity contribution in [2.75, 3.05) is 11.7 Å². The quantitative estimate of drug-likeness (QED) is 0.314. The van der Waals surface area contributed by atoms with Gasteiger partial charge >= 0.3 is 11.3 Å². The molecular formula is C19H18ClF3N3O3P. The molecule has 0 saturated heterocycles. The van der Waals surface area contributed by atoms with Gasteiger partial charge in [-0.25, -0.2) is 4.39 Å². The molecule has 1 N–H and O–H groups in total. The van der Waals surface area contributed by atoms with Gasteiger partial charge in [0.05, 0.1) is 12.8 Å². The summed E-state index contributed by atoms with van der Waals surface area (Å²) < 4.78 is 63.9. The van der Waals surface area contributed by atoms with Gasteiger partial charge < -0.3 is 14.1 Å². The molecule has 1 atom stereocenters. The summed E-state index contributed by atoms with van der Waals surface area (Å²) in [7, 11) is -3.48. The minimum atomic E-state index is -3.82. The van der Waals surface area contributed by atoms with Crippen LogP contribution >= 0.6 is 19.1 Å². The van der Waals surface area contributed by atoms with Crippen molar-refractivity contribution in [2.45, 2.75) is 25.4 Å². The Morgan fingerprint density at radius 3 is 2.60 bits per heavy atom. The molecule has 0 radical (unpaired) electrons. The summed E-state index contributed by atoms with van der Waals surface area (Å²) in [5, 5.41) is 2.46. The summed E-state index contributed by atoms with van der Waals surface area (Å²) >= 11 is 4.84. The zero-order chi connectivity index (χ0) is 21.9. The van der Waals surface area contributed by atoms with Gasteiger partial charge in [0.2, 0.25) is 5.82 Å². The van der Waals surface area contributed by atoms with Crippen LogP contribution in [-0.4, -0.2) is 16.7 Å². The molecule has 0 saturated carbocycles. The van der Waals surface area contributed by atoms with E-state index in [1.807, 2.05) is 19.1 Å². The van der Waals surface area contributed by atoms with Gasteiger partial charge in [0.1, 0.15) is 5.82 Å². The summed E-state index contributed by atoms with van der Waals surface area (Å²) in [6.45, 7) is 3.69. The van der Waals surface area contributed by atoms with Crippen molar-refractivity contribution in [1.29, 1.82) is 0 Å². The molecule has 1 unspecified atom stereocenters. The van der Waals surface area contributed by atoms with Gasteiger partial charge in [0, 0.05) is 11.3 Å². The van der Waals surface area contributed by atoms with Crippen molar-refractivity contribution in [3.8, 4) is 11.4 Å². The molecule has 30 heavy (non-hydrogen) atoms. The number of nitrogens with zero attached hydrogens (tertiary/aromatic N) is 2. The molecular weight excluding hydrogens is 442 g/mol. The molecule has 0 amide bonds. The first kappa shape index (κ1) is 22.3. The lowest BCUT2D eigenvalue weighted by Gasteiger charge is -2.21. The van der Waals surface area contributed by atoms with Crippen molar-refractivity contribution in [3.05, 3.63) is 65.3 Å². The van der Waals surface area contributed by atoms with E-state index < -0.39 is 24.6 Å². The highest BCUT2D eigenvalue weighted by Crippen LogP contribution is 2.50. The smallest absolute Gasteiger partial charge is 0.331 e. The number of para-hydroxylation sites is 1. The molecule has 6 nitrogen and oxygen atoms in total. The van der Waals surface area contributed by atoms with Crippen LogP contribution in [0.2, 0.25) is 0 Å². The first-order valence-electron chi connectivity index (χ1n) is 8.88. The van der Waals surface area contributed by atoms with Crippen LogP contribution in [0.1, 0.15) is 23.9 Å². The fraction of sp³-hybridized carbons (Fsp3) is 0.263. The highest BCUT2D eigenvalue weighted by Gasteiger charge is 2.36. The second-order valence-corrected chi connectivity index (χ2v) is 9.02. The van der Waals surface area contributed by atoms with Crippen LogP contribution in [0.3, 0.4) is 0 Å². The highest BCUT2D eigenvalue weighted by molar-refractivity contribution is 7.59. The lowest BCUT2D eigenvalue weighted by molar-refractivity contribution is 0.0551. The minimum absolute atomic E-state index is 0.102. The number of alkyl halides is 3. The van der Waals surface area contributed by atoms with Crippen molar-refractivity contribution in [1.82, 2.24) is 10.1 Å². The van der Waals surface area contributed by atoms with Crippen LogP contribution in [0.4, 0.5) is 18.9 Å². The van der Waals surface area contributed by atoms with Gasteiger partial charge in [-0.3, -0.25) is 4.57 Å². The molecule has 160 valence electrons. The van der Waals surface area contributed by atoms with E-state index in [0.29, 0.717) is 5.69 Å². The first-order chi connectivity index (χ1) is 14.1. The Hall–Kier alpha value is -2.35. The Bertz CT molecular complexity index is 1090. The Kier molecular flexibility index (Phi) is 6.55. The van der Waals surface area contributed by atoms with E-state index in [4.69, 9.17) is 16.1 Å². The summed E-state index contributed by atoms with van der Waals surface area (Å²) in [6.07, 6.45) is -0.224. The third-order valence-electron chi connectivity index (χ3n) is 4.13. The number of hydrogen-bond donors (Lipinski definition) is 1. The number of nitrogens with one attached hydrogen (secondary N) is 1. The fourth-order valence-electron chi connectivity index (χ4n) is 2.70. The van der Waals surface area contributed by atoms with E-state index >= 15 is 0 Å². The predicted molar refractivity (Wildman–Crippen MR) is 107 cm³/mol. The van der Waals surface area contributed by atoms with Gasteiger partial charge in [0.15, 0.2) is 0 Å². The number of benzene rings is 2. The number of aromatic nitrogens is 2. The summed E-state index contributed by atoms with van der Waals surface area (Å²) in [4.78, 5) is 3.47. The van der Waals surface area contributed by atoms with Gasteiger partial charge in [-0.2, -0.15) is 13.8 Å². The third-order valence-corrected chi connectivity index (χ3v) is 6.31. The number of halogens is 4. The molecule has 2 aromatic carbocycles. The molecule has 0 fully saturated rings. The van der Waals surface area contributed by atoms with Crippen LogP contribution in [-0.2, 0) is 20.6 Å². The van der Waals surface area contributed by atoms with Gasteiger partial charge in [-0.15, -0.1) is 0 Å². The minimum Gasteiger partial charge on any atom is -0.331 e. The average Bonchev–Trinajstić information content (AvgIpc) is 3.16. The predicted octanol–water partition coefficient (Wildman–Crippen LogP) is 6.31. The first-order valence-corrected chi connectivity index (χ1v) is 11.1. The molecule has 0 bridgehead atoms. The normalized spacial score (nSPS) is 13.8. The lowest BCUT2D eigenvalue weighted by Crippen LogP contribution is -2.06. The average molecular weight is 460 g/mol. The van der Waals surface area contributed by atoms with E-state index in [1.54, 1.807) is 19.1 Å². The van der Waals surface area contributed by atoms with Crippen molar-refractivity contribution >= 4 is 24.8 Å². The fourth-order valence-corrected chi connectivity index (χ4v) is 4.75. The molecule has 0 aliphatic carbocycles. The monoisotopic (exact) mass is 459 g/mol. The largest absolute Gasteiger partial charge is 0.400 e. The number of hydrogen-bond acceptors (Lipinski definition) is 5. The SMILES string of the molecule is CCOP(=O)(Cc1ccc(-c2noc(C(F)(F)Cl)n2)cc1F)Nc1ccccc1C. The van der Waals surface area contributed by atoms with Crippen molar-refractivity contribution in [3.63, 3.8) is 0 Å². The van der Waals surface area contributed by atoms with Crippen molar-refractivity contribution in [2.24, 2.45) is 0 Å². The van der Waals surface area contributed by atoms with Crippen molar-refractivity contribution < 1.29 is 26.8 Å². The number of aryl methyl sites for hydroxylation is 1. The number of anilines is 1. The molecule has 0 aliphatic heterocycles. The molecule has 3 rings (SSSR count). The summed E-state index contributed by atoms with van der Waals surface area (Å²) in [5.74, 6) is -2.06. The van der Waals surface area contributed by atoms with Gasteiger partial charge in [-0.1, -0.05) is 35.5 Å². The maximum Gasteiger partial charge on any atom is 0.400 e. The van der Waals surface area contributed by atoms with E-state index in [0.717, 1.165) is 11.6 Å².